The van der Waals surface area contributed by atoms with Crippen LogP contribution in [0.5, 0.6) is 0 Å². The van der Waals surface area contributed by atoms with Crippen molar-refractivity contribution in [3.8, 4) is 0 Å². The highest BCUT2D eigenvalue weighted by molar-refractivity contribution is 6.31. The highest BCUT2D eigenvalue weighted by Crippen LogP contribution is 2.51. The fourth-order valence-electron chi connectivity index (χ4n) is 5.71. The van der Waals surface area contributed by atoms with Crippen LogP contribution >= 0.6 is 23.2 Å². The fraction of sp³-hybridized carbons (Fsp3) is 0.161. The summed E-state index contributed by atoms with van der Waals surface area (Å²) in [6, 6.07) is 25.4. The van der Waals surface area contributed by atoms with Gasteiger partial charge < -0.3 is 14.9 Å². The quantitative estimate of drug-likeness (QED) is 0.292. The number of benzene rings is 4. The highest BCUT2D eigenvalue weighted by atomic mass is 35.5. The molecule has 0 amide bonds. The van der Waals surface area contributed by atoms with E-state index < -0.39 is 23.2 Å². The number of ketones is 1. The van der Waals surface area contributed by atoms with Gasteiger partial charge in [0.2, 0.25) is 5.79 Å². The van der Waals surface area contributed by atoms with Crippen LogP contribution in [0.25, 0.3) is 16.5 Å². The van der Waals surface area contributed by atoms with E-state index in [-0.39, 0.29) is 17.0 Å². The van der Waals surface area contributed by atoms with Crippen molar-refractivity contribution in [2.24, 2.45) is 4.99 Å². The number of hydrogen-bond acceptors (Lipinski definition) is 5. The molecule has 0 spiro atoms. The molecule has 0 saturated carbocycles. The lowest BCUT2D eigenvalue weighted by Crippen LogP contribution is -2.56. The Morgan fingerprint density at radius 3 is 2.05 bits per heavy atom. The summed E-state index contributed by atoms with van der Waals surface area (Å²) < 4.78 is 6.53. The van der Waals surface area contributed by atoms with Crippen LogP contribution in [0.2, 0.25) is 10.0 Å². The van der Waals surface area contributed by atoms with Crippen LogP contribution < -0.4 is 0 Å². The second-order valence-corrected chi connectivity index (χ2v) is 10.5. The first kappa shape index (κ1) is 24.8. The predicted molar refractivity (Wildman–Crippen MR) is 150 cm³/mol. The van der Waals surface area contributed by atoms with E-state index in [1.54, 1.807) is 30.3 Å². The van der Waals surface area contributed by atoms with Gasteiger partial charge in [-0.1, -0.05) is 83.9 Å². The van der Waals surface area contributed by atoms with Crippen LogP contribution in [0.1, 0.15) is 36.1 Å². The predicted octanol–water partition coefficient (Wildman–Crippen LogP) is 6.97. The number of hydrogen-bond donors (Lipinski definition) is 2. The molecule has 0 bridgehead atoms. The maximum absolute atomic E-state index is 13.1. The third-order valence-corrected chi connectivity index (χ3v) is 7.97. The van der Waals surface area contributed by atoms with Crippen LogP contribution in [-0.4, -0.2) is 27.8 Å². The normalized spacial score (nSPS) is 22.0. The summed E-state index contributed by atoms with van der Waals surface area (Å²) in [4.78, 5) is 18.2. The number of aliphatic hydroxyl groups is 2. The van der Waals surface area contributed by atoms with E-state index >= 15 is 0 Å². The topological polar surface area (TPSA) is 79.1 Å². The van der Waals surface area contributed by atoms with Gasteiger partial charge in [-0.3, -0.25) is 9.79 Å². The zero-order chi connectivity index (χ0) is 26.8. The molecule has 1 aliphatic heterocycles. The fourth-order valence-corrected chi connectivity index (χ4v) is 5.96. The lowest BCUT2D eigenvalue weighted by atomic mass is 9.74. The molecule has 190 valence electrons. The van der Waals surface area contributed by atoms with Crippen molar-refractivity contribution < 1.29 is 19.7 Å². The van der Waals surface area contributed by atoms with Crippen LogP contribution in [0.15, 0.2) is 95.5 Å². The molecule has 2 N–H and O–H groups in total. The molecule has 4 aromatic rings. The summed E-state index contributed by atoms with van der Waals surface area (Å²) in [5.41, 5.74) is 0.823. The first-order valence-electron chi connectivity index (χ1n) is 12.2. The minimum atomic E-state index is -2.08. The number of halogens is 2. The number of carbonyl (C=O) groups is 1. The van der Waals surface area contributed by atoms with Gasteiger partial charge in [0.05, 0.1) is 11.7 Å². The molecule has 7 heteroatoms. The van der Waals surface area contributed by atoms with E-state index in [2.05, 4.69) is 0 Å². The zero-order valence-corrected chi connectivity index (χ0v) is 22.1. The number of nitrogens with zero attached hydrogens (tertiary/aromatic N) is 1. The van der Waals surface area contributed by atoms with E-state index in [0.29, 0.717) is 26.6 Å². The monoisotopic (exact) mass is 543 g/mol. The molecule has 38 heavy (non-hydrogen) atoms. The first-order valence-corrected chi connectivity index (χ1v) is 12.9. The van der Waals surface area contributed by atoms with Crippen molar-refractivity contribution in [2.75, 3.05) is 0 Å². The minimum Gasteiger partial charge on any atom is -0.506 e. The van der Waals surface area contributed by atoms with Gasteiger partial charge in [-0.25, -0.2) is 0 Å². The second kappa shape index (κ2) is 8.79. The van der Waals surface area contributed by atoms with Crippen molar-refractivity contribution in [2.45, 2.75) is 31.3 Å². The molecule has 6 rings (SSSR count). The Morgan fingerprint density at radius 2 is 1.47 bits per heavy atom. The first-order chi connectivity index (χ1) is 18.2. The standard InChI is InChI=1S/C31H23Cl2NO4/c1-17(35)26-28(36)27-24-6-4-3-5-19(24)7-16-25(27)31(37)29(26)34-30(18(2)38-31,20-8-12-22(32)13-9-20)21-10-14-23(33)15-11-21/h3-16,18,36-37H,1-2H3. The van der Waals surface area contributed by atoms with Crippen molar-refractivity contribution in [3.63, 3.8) is 0 Å². The van der Waals surface area contributed by atoms with Crippen LogP contribution in [0.3, 0.4) is 0 Å². The van der Waals surface area contributed by atoms with Crippen molar-refractivity contribution in [1.82, 2.24) is 0 Å². The molecule has 1 heterocycles. The zero-order valence-electron chi connectivity index (χ0n) is 20.6. The molecule has 4 aromatic carbocycles. The molecule has 2 aliphatic rings. The molecule has 5 nitrogen and oxygen atoms in total. The third-order valence-electron chi connectivity index (χ3n) is 7.47. The number of aliphatic imine (C=N–C) groups is 1. The maximum Gasteiger partial charge on any atom is 0.238 e. The summed E-state index contributed by atoms with van der Waals surface area (Å²) in [6.07, 6.45) is -0.716. The lowest BCUT2D eigenvalue weighted by Gasteiger charge is -2.48. The lowest BCUT2D eigenvalue weighted by molar-refractivity contribution is -0.207. The smallest absolute Gasteiger partial charge is 0.238 e. The number of Topliss-reactive ketones (excluding diaryl/α,β-unsaturated/α-hetero) is 1. The van der Waals surface area contributed by atoms with E-state index in [1.165, 1.54) is 6.92 Å². The van der Waals surface area contributed by atoms with Crippen molar-refractivity contribution in [1.29, 1.82) is 0 Å². The molecule has 2 unspecified atom stereocenters. The van der Waals surface area contributed by atoms with E-state index in [9.17, 15) is 15.0 Å². The average molecular weight is 544 g/mol. The van der Waals surface area contributed by atoms with Gasteiger partial charge in [-0.15, -0.1) is 0 Å². The number of ether oxygens (including phenoxy) is 1. The SMILES string of the molecule is CC(=O)C1=C(O)c2c(ccc3ccccc23)C2(O)OC(C)C(c3ccc(Cl)cc3)(c3ccc(Cl)cc3)N=C12. The van der Waals surface area contributed by atoms with Gasteiger partial charge in [0, 0.05) is 21.2 Å². The van der Waals surface area contributed by atoms with Crippen LogP contribution in [0.4, 0.5) is 0 Å². The largest absolute Gasteiger partial charge is 0.506 e. The van der Waals surface area contributed by atoms with Gasteiger partial charge >= 0.3 is 0 Å². The molecular formula is C31H23Cl2NO4. The van der Waals surface area contributed by atoms with E-state index in [4.69, 9.17) is 32.9 Å². The van der Waals surface area contributed by atoms with Gasteiger partial charge in [0.1, 0.15) is 17.0 Å². The van der Waals surface area contributed by atoms with Gasteiger partial charge in [-0.2, -0.15) is 0 Å². The van der Waals surface area contributed by atoms with Crippen molar-refractivity contribution in [3.05, 3.63) is 123 Å². The maximum atomic E-state index is 13.1. The van der Waals surface area contributed by atoms with Crippen molar-refractivity contribution >= 4 is 51.2 Å². The Kier molecular flexibility index (Phi) is 5.74. The third kappa shape index (κ3) is 3.47. The molecule has 0 saturated heterocycles. The second-order valence-electron chi connectivity index (χ2n) is 9.63. The summed E-state index contributed by atoms with van der Waals surface area (Å²) in [6.45, 7) is 3.17. The summed E-state index contributed by atoms with van der Waals surface area (Å²) >= 11 is 12.4. The van der Waals surface area contributed by atoms with Gasteiger partial charge in [0.25, 0.3) is 0 Å². The molecular weight excluding hydrogens is 521 g/mol. The summed E-state index contributed by atoms with van der Waals surface area (Å²) in [5, 5.41) is 26.4. The van der Waals surface area contributed by atoms with E-state index in [0.717, 1.165) is 16.5 Å². The van der Waals surface area contributed by atoms with Gasteiger partial charge in [0.15, 0.2) is 5.78 Å². The van der Waals surface area contributed by atoms with Crippen LogP contribution in [0, 0.1) is 0 Å². The summed E-state index contributed by atoms with van der Waals surface area (Å²) in [5.74, 6) is -2.77. The Hall–Kier alpha value is -3.48. The molecule has 0 aromatic heterocycles. The Balaban J connectivity index is 1.73. The number of carbonyl (C=O) groups excluding carboxylic acids is 1. The highest BCUT2D eigenvalue weighted by Gasteiger charge is 2.57. The number of rotatable bonds is 3. The van der Waals surface area contributed by atoms with Crippen LogP contribution in [-0.2, 0) is 20.9 Å². The Bertz CT molecular complexity index is 1630. The molecule has 1 aliphatic carbocycles. The number of aliphatic hydroxyl groups excluding tert-OH is 1. The van der Waals surface area contributed by atoms with E-state index in [1.807, 2.05) is 61.5 Å². The molecule has 0 radical (unpaired) electrons. The Labute approximate surface area is 229 Å². The average Bonchev–Trinajstić information content (AvgIpc) is 2.90. The summed E-state index contributed by atoms with van der Waals surface area (Å²) in [7, 11) is 0. The van der Waals surface area contributed by atoms with Gasteiger partial charge in [-0.05, 0) is 60.0 Å². The number of fused-ring (bicyclic) bond motifs is 5. The minimum absolute atomic E-state index is 0.0479. The molecule has 2 atom stereocenters. The molecule has 0 fully saturated rings. The Morgan fingerprint density at radius 1 is 0.895 bits per heavy atom.